The lowest BCUT2D eigenvalue weighted by Crippen LogP contribution is -2.64. The van der Waals surface area contributed by atoms with Crippen LogP contribution < -0.4 is 5.32 Å². The van der Waals surface area contributed by atoms with Gasteiger partial charge in [-0.1, -0.05) is 29.8 Å². The number of likely N-dealkylation sites (tertiary alicyclic amines) is 2. The Kier molecular flexibility index (Phi) is 5.18. The zero-order valence-electron chi connectivity index (χ0n) is 15.9. The molecule has 26 heavy (non-hydrogen) atoms. The predicted molar refractivity (Wildman–Crippen MR) is 102 cm³/mol. The highest BCUT2D eigenvalue weighted by Crippen LogP contribution is 2.36. The molecule has 3 aliphatic heterocycles. The van der Waals surface area contributed by atoms with Crippen molar-refractivity contribution in [3.8, 4) is 0 Å². The van der Waals surface area contributed by atoms with Gasteiger partial charge in [0.15, 0.2) is 0 Å². The molecule has 3 saturated heterocycles. The van der Waals surface area contributed by atoms with Gasteiger partial charge in [-0.05, 0) is 44.1 Å². The molecule has 0 saturated carbocycles. The van der Waals surface area contributed by atoms with Crippen molar-refractivity contribution < 1.29 is 9.53 Å². The first-order chi connectivity index (χ1) is 12.6. The van der Waals surface area contributed by atoms with Crippen molar-refractivity contribution in [2.75, 3.05) is 39.3 Å². The van der Waals surface area contributed by atoms with Crippen LogP contribution in [0.5, 0.6) is 0 Å². The molecule has 2 amide bonds. The topological polar surface area (TPSA) is 44.8 Å². The summed E-state index contributed by atoms with van der Waals surface area (Å²) in [5, 5.41) is 3.10. The Labute approximate surface area is 156 Å². The Morgan fingerprint density at radius 2 is 1.96 bits per heavy atom. The average molecular weight is 357 g/mol. The molecule has 0 unspecified atom stereocenters. The minimum absolute atomic E-state index is 0.0696. The molecule has 142 valence electrons. The molecule has 3 fully saturated rings. The van der Waals surface area contributed by atoms with Crippen LogP contribution in [0.4, 0.5) is 4.79 Å². The quantitative estimate of drug-likeness (QED) is 0.901. The summed E-state index contributed by atoms with van der Waals surface area (Å²) in [6, 6.07) is 8.92. The fourth-order valence-corrected chi connectivity index (χ4v) is 4.42. The minimum Gasteiger partial charge on any atom is -0.372 e. The number of amides is 2. The van der Waals surface area contributed by atoms with Crippen LogP contribution in [0.15, 0.2) is 24.3 Å². The van der Waals surface area contributed by atoms with Crippen molar-refractivity contribution in [3.05, 3.63) is 35.4 Å². The number of nitrogens with zero attached hydrogens (tertiary/aromatic N) is 2. The van der Waals surface area contributed by atoms with Gasteiger partial charge in [0.1, 0.15) is 0 Å². The number of carbonyl (C=O) groups is 1. The summed E-state index contributed by atoms with van der Waals surface area (Å²) in [5.74, 6) is 0.457. The van der Waals surface area contributed by atoms with Gasteiger partial charge in [0, 0.05) is 39.3 Å². The molecule has 1 aromatic carbocycles. The molecule has 5 nitrogen and oxygen atoms in total. The van der Waals surface area contributed by atoms with Gasteiger partial charge in [-0.2, -0.15) is 0 Å². The van der Waals surface area contributed by atoms with Crippen LogP contribution in [-0.4, -0.2) is 60.8 Å². The van der Waals surface area contributed by atoms with Crippen molar-refractivity contribution in [1.82, 2.24) is 15.1 Å². The van der Waals surface area contributed by atoms with Gasteiger partial charge in [-0.15, -0.1) is 0 Å². The van der Waals surface area contributed by atoms with Crippen LogP contribution >= 0.6 is 0 Å². The zero-order valence-corrected chi connectivity index (χ0v) is 15.9. The van der Waals surface area contributed by atoms with Crippen molar-refractivity contribution in [3.63, 3.8) is 0 Å². The highest BCUT2D eigenvalue weighted by molar-refractivity contribution is 5.74. The van der Waals surface area contributed by atoms with Gasteiger partial charge in [0.25, 0.3) is 0 Å². The molecule has 0 bridgehead atoms. The second-order valence-corrected chi connectivity index (χ2v) is 8.41. The third-order valence-corrected chi connectivity index (χ3v) is 6.12. The predicted octanol–water partition coefficient (Wildman–Crippen LogP) is 2.78. The van der Waals surface area contributed by atoms with E-state index in [-0.39, 0.29) is 11.6 Å². The normalized spacial score (nSPS) is 25.3. The number of carbonyl (C=O) groups excluding carboxylic acids is 1. The SMILES string of the molecule is Cc1ccc(CN2CC3(CC[C@@H](CNC(=O)N4CCCC4)CO3)C2)cc1. The number of aryl methyl sites for hydroxylation is 1. The van der Waals surface area contributed by atoms with Gasteiger partial charge >= 0.3 is 6.03 Å². The molecule has 0 aliphatic carbocycles. The summed E-state index contributed by atoms with van der Waals surface area (Å²) in [5.41, 5.74) is 2.76. The van der Waals surface area contributed by atoms with Gasteiger partial charge in [-0.25, -0.2) is 4.79 Å². The lowest BCUT2D eigenvalue weighted by atomic mass is 9.82. The van der Waals surface area contributed by atoms with E-state index in [9.17, 15) is 4.79 Å². The van der Waals surface area contributed by atoms with Crippen molar-refractivity contribution in [2.24, 2.45) is 5.92 Å². The number of hydrogen-bond donors (Lipinski definition) is 1. The second kappa shape index (κ2) is 7.57. The molecular weight excluding hydrogens is 326 g/mol. The Morgan fingerprint density at radius 1 is 1.23 bits per heavy atom. The maximum Gasteiger partial charge on any atom is 0.317 e. The molecule has 0 radical (unpaired) electrons. The van der Waals surface area contributed by atoms with Crippen LogP contribution in [0.2, 0.25) is 0 Å². The largest absolute Gasteiger partial charge is 0.372 e. The van der Waals surface area contributed by atoms with Crippen LogP contribution in [0.25, 0.3) is 0 Å². The molecule has 3 heterocycles. The van der Waals surface area contributed by atoms with Gasteiger partial charge in [0.2, 0.25) is 0 Å². The van der Waals surface area contributed by atoms with E-state index in [4.69, 9.17) is 4.74 Å². The number of ether oxygens (including phenoxy) is 1. The van der Waals surface area contributed by atoms with Crippen LogP contribution in [-0.2, 0) is 11.3 Å². The Bertz CT molecular complexity index is 609. The van der Waals surface area contributed by atoms with E-state index < -0.39 is 0 Å². The minimum atomic E-state index is 0.0696. The highest BCUT2D eigenvalue weighted by Gasteiger charge is 2.46. The molecule has 1 spiro atoms. The first-order valence-electron chi connectivity index (χ1n) is 10.1. The van der Waals surface area contributed by atoms with Gasteiger partial charge in [0.05, 0.1) is 12.2 Å². The highest BCUT2D eigenvalue weighted by atomic mass is 16.5. The van der Waals surface area contributed by atoms with Crippen LogP contribution in [0, 0.1) is 12.8 Å². The zero-order chi connectivity index (χ0) is 18.0. The Balaban J connectivity index is 1.16. The number of benzene rings is 1. The number of urea groups is 1. The van der Waals surface area contributed by atoms with Crippen molar-refractivity contribution in [1.29, 1.82) is 0 Å². The molecule has 1 aromatic rings. The summed E-state index contributed by atoms with van der Waals surface area (Å²) < 4.78 is 6.25. The van der Waals surface area contributed by atoms with E-state index in [1.54, 1.807) is 0 Å². The molecule has 3 aliphatic rings. The lowest BCUT2D eigenvalue weighted by molar-refractivity contribution is -0.181. The monoisotopic (exact) mass is 357 g/mol. The van der Waals surface area contributed by atoms with Gasteiger partial charge in [-0.3, -0.25) is 4.90 Å². The Morgan fingerprint density at radius 3 is 2.62 bits per heavy atom. The molecule has 4 rings (SSSR count). The lowest BCUT2D eigenvalue weighted by Gasteiger charge is -2.53. The second-order valence-electron chi connectivity index (χ2n) is 8.41. The number of rotatable bonds is 4. The molecular formula is C21H31N3O2. The number of nitrogens with one attached hydrogen (secondary N) is 1. The molecule has 5 heteroatoms. The third-order valence-electron chi connectivity index (χ3n) is 6.12. The van der Waals surface area contributed by atoms with E-state index >= 15 is 0 Å². The maximum atomic E-state index is 12.1. The summed E-state index contributed by atoms with van der Waals surface area (Å²) in [7, 11) is 0. The summed E-state index contributed by atoms with van der Waals surface area (Å²) in [6.45, 7) is 8.56. The molecule has 0 aromatic heterocycles. The average Bonchev–Trinajstić information content (AvgIpc) is 3.16. The van der Waals surface area contributed by atoms with Crippen LogP contribution in [0.3, 0.4) is 0 Å². The summed E-state index contributed by atoms with van der Waals surface area (Å²) >= 11 is 0. The van der Waals surface area contributed by atoms with Gasteiger partial charge < -0.3 is 15.0 Å². The fourth-order valence-electron chi connectivity index (χ4n) is 4.42. The smallest absolute Gasteiger partial charge is 0.317 e. The number of hydrogen-bond acceptors (Lipinski definition) is 3. The van der Waals surface area contributed by atoms with E-state index in [1.165, 1.54) is 11.1 Å². The van der Waals surface area contributed by atoms with Crippen molar-refractivity contribution >= 4 is 6.03 Å². The maximum absolute atomic E-state index is 12.1. The first kappa shape index (κ1) is 17.8. The summed E-state index contributed by atoms with van der Waals surface area (Å²) in [6.07, 6.45) is 4.55. The molecule has 1 N–H and O–H groups in total. The van der Waals surface area contributed by atoms with E-state index in [1.807, 2.05) is 4.90 Å². The van der Waals surface area contributed by atoms with E-state index in [0.717, 1.165) is 71.6 Å². The van der Waals surface area contributed by atoms with Crippen molar-refractivity contribution in [2.45, 2.75) is 44.8 Å². The molecule has 1 atom stereocenters. The standard InChI is InChI=1S/C21H31N3O2/c1-17-4-6-18(7-5-17)13-23-15-21(16-23)9-8-19(14-26-21)12-22-20(25)24-10-2-3-11-24/h4-7,19H,2-3,8-16H2,1H3,(H,22,25)/t19-/m0/s1. The fraction of sp³-hybridized carbons (Fsp3) is 0.667. The van der Waals surface area contributed by atoms with E-state index in [2.05, 4.69) is 41.4 Å². The Hall–Kier alpha value is -1.59. The van der Waals surface area contributed by atoms with E-state index in [0.29, 0.717) is 5.92 Å². The third kappa shape index (κ3) is 4.04. The first-order valence-corrected chi connectivity index (χ1v) is 10.1. The van der Waals surface area contributed by atoms with Crippen LogP contribution in [0.1, 0.15) is 36.8 Å². The summed E-state index contributed by atoms with van der Waals surface area (Å²) in [4.78, 5) is 16.5.